The molecule has 0 aromatic carbocycles. The maximum Gasteiger partial charge on any atom is 0.490 e. The molecule has 2 aliphatic rings. The van der Waals surface area contributed by atoms with Gasteiger partial charge in [-0.2, -0.15) is 26.3 Å². The molecule has 206 valence electrons. The van der Waals surface area contributed by atoms with Crippen molar-refractivity contribution in [3.8, 4) is 5.75 Å². The predicted molar refractivity (Wildman–Crippen MR) is 116 cm³/mol. The standard InChI is InChI=1S/C17H21N3O2S.2C2HF3O2/c1-3-14(10-18-5-1)22-15-9-17(21-12-15)4-2-7-20(13-17)11-16-19-6-8-23-16;2*3-2(4,5)1(6)7/h1,3,5-6,8,10,15H,2,4,7,9,11-13H2;2*(H,6,7). The highest BCUT2D eigenvalue weighted by Gasteiger charge is 2.44. The van der Waals surface area contributed by atoms with Gasteiger partial charge >= 0.3 is 24.3 Å². The Labute approximate surface area is 210 Å². The third-order valence-corrected chi connectivity index (χ3v) is 5.82. The largest absolute Gasteiger partial charge is 0.490 e. The third kappa shape index (κ3) is 10.5. The van der Waals surface area contributed by atoms with E-state index in [1.807, 2.05) is 23.7 Å². The predicted octanol–water partition coefficient (Wildman–Crippen LogP) is 4.01. The smallest absolute Gasteiger partial charge is 0.486 e. The lowest BCUT2D eigenvalue weighted by Crippen LogP contribution is -2.47. The zero-order valence-electron chi connectivity index (χ0n) is 19.0. The maximum absolute atomic E-state index is 10.6. The first kappa shape index (κ1) is 30.2. The fourth-order valence-corrected chi connectivity index (χ4v) is 4.28. The molecule has 4 heterocycles. The SMILES string of the molecule is O=C(O)C(F)(F)F.O=C(O)C(F)(F)F.c1cncc(OC2COC3(CCCN(Cc4nccs4)C3)C2)c1. The Bertz CT molecular complexity index is 969. The van der Waals surface area contributed by atoms with Crippen molar-refractivity contribution >= 4 is 23.3 Å². The Morgan fingerprint density at radius 3 is 2.32 bits per heavy atom. The number of halogens is 6. The summed E-state index contributed by atoms with van der Waals surface area (Å²) in [6.45, 7) is 3.69. The molecular formula is C21H23F6N3O6S. The van der Waals surface area contributed by atoms with Crippen molar-refractivity contribution in [1.82, 2.24) is 14.9 Å². The van der Waals surface area contributed by atoms with Gasteiger partial charge in [-0.15, -0.1) is 11.3 Å². The highest BCUT2D eigenvalue weighted by molar-refractivity contribution is 7.09. The van der Waals surface area contributed by atoms with Crippen LogP contribution in [0.5, 0.6) is 5.75 Å². The number of carboxylic acid groups (broad SMARTS) is 2. The number of hydrogen-bond acceptors (Lipinski definition) is 8. The van der Waals surface area contributed by atoms with Gasteiger partial charge in [0.15, 0.2) is 0 Å². The highest BCUT2D eigenvalue weighted by Crippen LogP contribution is 2.36. The number of alkyl halides is 6. The van der Waals surface area contributed by atoms with Crippen molar-refractivity contribution in [1.29, 1.82) is 0 Å². The van der Waals surface area contributed by atoms with Crippen LogP contribution >= 0.6 is 11.3 Å². The number of carbonyl (C=O) groups is 2. The van der Waals surface area contributed by atoms with Crippen LogP contribution in [0.15, 0.2) is 36.1 Å². The van der Waals surface area contributed by atoms with E-state index in [1.54, 1.807) is 23.7 Å². The minimum atomic E-state index is -5.08. The summed E-state index contributed by atoms with van der Waals surface area (Å²) in [5.74, 6) is -4.69. The van der Waals surface area contributed by atoms with E-state index in [4.69, 9.17) is 29.3 Å². The van der Waals surface area contributed by atoms with Crippen LogP contribution in [-0.2, 0) is 20.9 Å². The first-order valence-corrected chi connectivity index (χ1v) is 11.5. The number of ether oxygens (including phenoxy) is 2. The van der Waals surface area contributed by atoms with Crippen LogP contribution in [0.4, 0.5) is 26.3 Å². The molecule has 2 unspecified atom stereocenters. The summed E-state index contributed by atoms with van der Waals surface area (Å²) in [5, 5.41) is 17.5. The Balaban J connectivity index is 0.000000286. The van der Waals surface area contributed by atoms with Crippen molar-refractivity contribution in [2.75, 3.05) is 19.7 Å². The first-order valence-electron chi connectivity index (χ1n) is 10.6. The minimum absolute atomic E-state index is 0.0532. The Morgan fingerprint density at radius 1 is 1.16 bits per heavy atom. The number of hydrogen-bond donors (Lipinski definition) is 2. The van der Waals surface area contributed by atoms with Crippen LogP contribution < -0.4 is 4.74 Å². The van der Waals surface area contributed by atoms with E-state index in [0.29, 0.717) is 6.61 Å². The molecule has 9 nitrogen and oxygen atoms in total. The molecule has 2 aromatic heterocycles. The monoisotopic (exact) mass is 559 g/mol. The molecule has 2 aliphatic heterocycles. The van der Waals surface area contributed by atoms with E-state index in [2.05, 4.69) is 14.9 Å². The molecule has 2 aromatic rings. The van der Waals surface area contributed by atoms with Crippen molar-refractivity contribution in [3.05, 3.63) is 41.1 Å². The molecule has 0 amide bonds. The van der Waals surface area contributed by atoms with Gasteiger partial charge in [-0.3, -0.25) is 9.88 Å². The van der Waals surface area contributed by atoms with Crippen molar-refractivity contribution < 1.29 is 55.6 Å². The van der Waals surface area contributed by atoms with Crippen LogP contribution in [0.2, 0.25) is 0 Å². The molecule has 0 aliphatic carbocycles. The molecule has 0 saturated carbocycles. The number of aromatic nitrogens is 2. The number of aliphatic carboxylic acids is 2. The number of piperidine rings is 1. The molecule has 2 atom stereocenters. The Kier molecular flexibility index (Phi) is 10.6. The lowest BCUT2D eigenvalue weighted by atomic mass is 9.89. The van der Waals surface area contributed by atoms with E-state index in [0.717, 1.165) is 38.2 Å². The molecule has 2 fully saturated rings. The van der Waals surface area contributed by atoms with Gasteiger partial charge in [-0.25, -0.2) is 14.6 Å². The summed E-state index contributed by atoms with van der Waals surface area (Å²) in [6.07, 6.45) is -1.39. The summed E-state index contributed by atoms with van der Waals surface area (Å²) in [7, 11) is 0. The Morgan fingerprint density at radius 2 is 1.81 bits per heavy atom. The van der Waals surface area contributed by atoms with Crippen molar-refractivity contribution in [2.45, 2.75) is 49.9 Å². The summed E-state index contributed by atoms with van der Waals surface area (Å²) in [4.78, 5) is 28.8. The lowest BCUT2D eigenvalue weighted by Gasteiger charge is -2.39. The molecule has 2 saturated heterocycles. The molecule has 0 radical (unpaired) electrons. The number of pyridine rings is 1. The van der Waals surface area contributed by atoms with Crippen molar-refractivity contribution in [3.63, 3.8) is 0 Å². The summed E-state index contributed by atoms with van der Waals surface area (Å²) in [5.41, 5.74) is -0.0532. The minimum Gasteiger partial charge on any atom is -0.486 e. The molecule has 0 bridgehead atoms. The van der Waals surface area contributed by atoms with Crippen LogP contribution in [-0.4, -0.2) is 80.8 Å². The fraction of sp³-hybridized carbons (Fsp3) is 0.524. The topological polar surface area (TPSA) is 122 Å². The van der Waals surface area contributed by atoms with Crippen LogP contribution in [0.1, 0.15) is 24.3 Å². The average Bonchev–Trinajstić information content (AvgIpc) is 3.44. The molecule has 2 N–H and O–H groups in total. The first-order chi connectivity index (χ1) is 17.2. The van der Waals surface area contributed by atoms with Gasteiger partial charge in [-0.05, 0) is 31.5 Å². The van der Waals surface area contributed by atoms with Crippen LogP contribution in [0.25, 0.3) is 0 Å². The second kappa shape index (κ2) is 13.0. The van der Waals surface area contributed by atoms with Gasteiger partial charge in [0, 0.05) is 30.7 Å². The molecular weight excluding hydrogens is 536 g/mol. The molecule has 4 rings (SSSR count). The number of thiazole rings is 1. The van der Waals surface area contributed by atoms with E-state index in [-0.39, 0.29) is 11.7 Å². The highest BCUT2D eigenvalue weighted by atomic mass is 32.1. The normalized spacial score (nSPS) is 21.8. The number of nitrogens with zero attached hydrogens (tertiary/aromatic N) is 3. The van der Waals surface area contributed by atoms with Gasteiger partial charge in [-0.1, -0.05) is 0 Å². The summed E-state index contributed by atoms with van der Waals surface area (Å²) >= 11 is 1.72. The van der Waals surface area contributed by atoms with E-state index >= 15 is 0 Å². The average molecular weight is 559 g/mol. The second-order valence-electron chi connectivity index (χ2n) is 7.97. The summed E-state index contributed by atoms with van der Waals surface area (Å²) < 4.78 is 75.7. The summed E-state index contributed by atoms with van der Waals surface area (Å²) in [6, 6.07) is 3.85. The van der Waals surface area contributed by atoms with Gasteiger partial charge in [0.2, 0.25) is 0 Å². The van der Waals surface area contributed by atoms with E-state index < -0.39 is 24.3 Å². The fourth-order valence-electron chi connectivity index (χ4n) is 3.62. The van der Waals surface area contributed by atoms with Gasteiger partial charge in [0.1, 0.15) is 16.9 Å². The quantitative estimate of drug-likeness (QED) is 0.535. The molecule has 37 heavy (non-hydrogen) atoms. The van der Waals surface area contributed by atoms with Crippen LogP contribution in [0.3, 0.4) is 0 Å². The zero-order chi connectivity index (χ0) is 27.7. The second-order valence-corrected chi connectivity index (χ2v) is 8.95. The van der Waals surface area contributed by atoms with Crippen LogP contribution in [0, 0.1) is 0 Å². The van der Waals surface area contributed by atoms with Crippen molar-refractivity contribution in [2.24, 2.45) is 0 Å². The third-order valence-electron chi connectivity index (χ3n) is 5.06. The Hall–Kier alpha value is -2.98. The number of likely N-dealkylation sites (tertiary alicyclic amines) is 1. The molecule has 1 spiro atoms. The van der Waals surface area contributed by atoms with E-state index in [1.165, 1.54) is 11.4 Å². The lowest BCUT2D eigenvalue weighted by molar-refractivity contribution is -0.193. The zero-order valence-corrected chi connectivity index (χ0v) is 19.9. The number of rotatable bonds is 4. The van der Waals surface area contributed by atoms with Gasteiger partial charge in [0.05, 0.1) is 24.9 Å². The van der Waals surface area contributed by atoms with E-state index in [9.17, 15) is 26.3 Å². The number of carboxylic acids is 2. The maximum atomic E-state index is 10.6. The molecule has 16 heteroatoms. The van der Waals surface area contributed by atoms with Gasteiger partial charge < -0.3 is 19.7 Å². The van der Waals surface area contributed by atoms with Gasteiger partial charge in [0.25, 0.3) is 0 Å².